The zero-order valence-electron chi connectivity index (χ0n) is 10.0. The Bertz CT molecular complexity index is 396. The summed E-state index contributed by atoms with van der Waals surface area (Å²) >= 11 is 0. The summed E-state index contributed by atoms with van der Waals surface area (Å²) in [5.74, 6) is 1.31. The number of hydrogen-bond donors (Lipinski definition) is 0. The molecule has 0 unspecified atom stereocenters. The van der Waals surface area contributed by atoms with Crippen LogP contribution in [0, 0.1) is 11.3 Å². The van der Waals surface area contributed by atoms with Crippen LogP contribution >= 0.6 is 0 Å². The van der Waals surface area contributed by atoms with Gasteiger partial charge in [-0.1, -0.05) is 6.07 Å². The molecule has 0 spiro atoms. The fraction of sp³-hybridized carbons (Fsp3) is 0.417. The third-order valence-corrected chi connectivity index (χ3v) is 2.36. The molecule has 4 nitrogen and oxygen atoms in total. The van der Waals surface area contributed by atoms with Crippen LogP contribution in [0.5, 0.6) is 11.5 Å². The fourth-order valence-corrected chi connectivity index (χ4v) is 1.51. The van der Waals surface area contributed by atoms with Gasteiger partial charge in [-0.2, -0.15) is 5.26 Å². The van der Waals surface area contributed by atoms with Gasteiger partial charge >= 0.3 is 0 Å². The molecule has 0 saturated heterocycles. The molecule has 0 aliphatic rings. The standard InChI is InChI=1S/C12H16N2O2/c1-14(2)10(8-13)9-5-6-11(15-3)12(7-9)16-4/h5-7,10H,1-4H3/t10-/m1/s1. The Balaban J connectivity index is 3.12. The van der Waals surface area contributed by atoms with E-state index in [1.54, 1.807) is 14.2 Å². The predicted molar refractivity (Wildman–Crippen MR) is 61.6 cm³/mol. The van der Waals surface area contributed by atoms with Crippen molar-refractivity contribution < 1.29 is 9.47 Å². The Morgan fingerprint density at radius 1 is 1.19 bits per heavy atom. The van der Waals surface area contributed by atoms with E-state index in [0.29, 0.717) is 11.5 Å². The third-order valence-electron chi connectivity index (χ3n) is 2.36. The van der Waals surface area contributed by atoms with Crippen LogP contribution in [0.25, 0.3) is 0 Å². The van der Waals surface area contributed by atoms with Gasteiger partial charge in [-0.05, 0) is 31.8 Å². The molecular weight excluding hydrogens is 204 g/mol. The van der Waals surface area contributed by atoms with Gasteiger partial charge in [-0.3, -0.25) is 4.90 Å². The van der Waals surface area contributed by atoms with Crippen LogP contribution in [0.15, 0.2) is 18.2 Å². The second-order valence-electron chi connectivity index (χ2n) is 3.61. The monoisotopic (exact) mass is 220 g/mol. The molecule has 0 N–H and O–H groups in total. The molecule has 0 amide bonds. The summed E-state index contributed by atoms with van der Waals surface area (Å²) in [5.41, 5.74) is 0.894. The summed E-state index contributed by atoms with van der Waals surface area (Å²) < 4.78 is 10.3. The van der Waals surface area contributed by atoms with Crippen LogP contribution in [0.3, 0.4) is 0 Å². The maximum absolute atomic E-state index is 9.08. The van der Waals surface area contributed by atoms with Gasteiger partial charge in [0.1, 0.15) is 6.04 Å². The first-order chi connectivity index (χ1) is 7.63. The topological polar surface area (TPSA) is 45.5 Å². The van der Waals surface area contributed by atoms with Crippen molar-refractivity contribution in [2.45, 2.75) is 6.04 Å². The molecule has 1 atom stereocenters. The molecule has 0 saturated carbocycles. The van der Waals surface area contributed by atoms with E-state index in [2.05, 4.69) is 6.07 Å². The van der Waals surface area contributed by atoms with Gasteiger partial charge < -0.3 is 9.47 Å². The molecule has 16 heavy (non-hydrogen) atoms. The number of nitrogens with zero attached hydrogens (tertiary/aromatic N) is 2. The number of rotatable bonds is 4. The van der Waals surface area contributed by atoms with E-state index in [-0.39, 0.29) is 6.04 Å². The normalized spacial score (nSPS) is 12.0. The second kappa shape index (κ2) is 5.38. The fourth-order valence-electron chi connectivity index (χ4n) is 1.51. The van der Waals surface area contributed by atoms with E-state index in [1.165, 1.54) is 0 Å². The Hall–Kier alpha value is -1.73. The highest BCUT2D eigenvalue weighted by atomic mass is 16.5. The maximum atomic E-state index is 9.08. The molecule has 1 aromatic rings. The molecule has 0 bridgehead atoms. The van der Waals surface area contributed by atoms with E-state index in [9.17, 15) is 0 Å². The maximum Gasteiger partial charge on any atom is 0.161 e. The van der Waals surface area contributed by atoms with Crippen molar-refractivity contribution in [2.75, 3.05) is 28.3 Å². The number of nitriles is 1. The van der Waals surface area contributed by atoms with E-state index in [1.807, 2.05) is 37.2 Å². The predicted octanol–water partition coefficient (Wildman–Crippen LogP) is 1.83. The third kappa shape index (κ3) is 2.44. The minimum absolute atomic E-state index is 0.278. The van der Waals surface area contributed by atoms with E-state index in [0.717, 1.165) is 5.56 Å². The van der Waals surface area contributed by atoms with Gasteiger partial charge in [0.25, 0.3) is 0 Å². The molecular formula is C12H16N2O2. The van der Waals surface area contributed by atoms with Gasteiger partial charge in [0.15, 0.2) is 11.5 Å². The van der Waals surface area contributed by atoms with Crippen LogP contribution < -0.4 is 9.47 Å². The second-order valence-corrected chi connectivity index (χ2v) is 3.61. The van der Waals surface area contributed by atoms with Crippen LogP contribution in [0.4, 0.5) is 0 Å². The van der Waals surface area contributed by atoms with Crippen LogP contribution in [0.1, 0.15) is 11.6 Å². The number of hydrogen-bond acceptors (Lipinski definition) is 4. The minimum Gasteiger partial charge on any atom is -0.493 e. The lowest BCUT2D eigenvalue weighted by atomic mass is 10.1. The van der Waals surface area contributed by atoms with E-state index >= 15 is 0 Å². The largest absolute Gasteiger partial charge is 0.493 e. The molecule has 0 fully saturated rings. The average Bonchev–Trinajstić information content (AvgIpc) is 2.29. The first-order valence-electron chi connectivity index (χ1n) is 4.92. The minimum atomic E-state index is -0.278. The molecule has 0 aliphatic carbocycles. The lowest BCUT2D eigenvalue weighted by molar-refractivity contribution is 0.344. The molecule has 0 aliphatic heterocycles. The van der Waals surface area contributed by atoms with E-state index in [4.69, 9.17) is 14.7 Å². The SMILES string of the molecule is COc1ccc([C@@H](C#N)N(C)C)cc1OC. The summed E-state index contributed by atoms with van der Waals surface area (Å²) in [6, 6.07) is 7.46. The van der Waals surface area contributed by atoms with Crippen molar-refractivity contribution in [2.24, 2.45) is 0 Å². The highest BCUT2D eigenvalue weighted by Crippen LogP contribution is 2.30. The lowest BCUT2D eigenvalue weighted by Gasteiger charge is -2.18. The van der Waals surface area contributed by atoms with Gasteiger partial charge in [0, 0.05) is 0 Å². The van der Waals surface area contributed by atoms with Crippen molar-refractivity contribution in [3.63, 3.8) is 0 Å². The van der Waals surface area contributed by atoms with Crippen LogP contribution in [-0.4, -0.2) is 33.2 Å². The summed E-state index contributed by atoms with van der Waals surface area (Å²) in [4.78, 5) is 1.85. The lowest BCUT2D eigenvalue weighted by Crippen LogP contribution is -2.18. The Morgan fingerprint density at radius 2 is 1.81 bits per heavy atom. The molecule has 0 aromatic heterocycles. The van der Waals surface area contributed by atoms with Crippen LogP contribution in [0.2, 0.25) is 0 Å². The Labute approximate surface area is 96.0 Å². The number of ether oxygens (including phenoxy) is 2. The molecule has 1 aromatic carbocycles. The zero-order valence-corrected chi connectivity index (χ0v) is 10.0. The van der Waals surface area contributed by atoms with Gasteiger partial charge in [0.2, 0.25) is 0 Å². The molecule has 0 radical (unpaired) electrons. The van der Waals surface area contributed by atoms with Crippen LogP contribution in [-0.2, 0) is 0 Å². The highest BCUT2D eigenvalue weighted by Gasteiger charge is 2.15. The first kappa shape index (κ1) is 12.3. The quantitative estimate of drug-likeness (QED) is 0.776. The first-order valence-corrected chi connectivity index (χ1v) is 4.92. The van der Waals surface area contributed by atoms with Gasteiger partial charge in [0.05, 0.1) is 20.3 Å². The highest BCUT2D eigenvalue weighted by molar-refractivity contribution is 5.44. The molecule has 1 rings (SSSR count). The number of benzene rings is 1. The Morgan fingerprint density at radius 3 is 2.25 bits per heavy atom. The zero-order chi connectivity index (χ0) is 12.1. The van der Waals surface area contributed by atoms with Crippen molar-refractivity contribution in [1.29, 1.82) is 5.26 Å². The number of methoxy groups -OCH3 is 2. The van der Waals surface area contributed by atoms with Gasteiger partial charge in [-0.15, -0.1) is 0 Å². The van der Waals surface area contributed by atoms with Crippen molar-refractivity contribution in [3.05, 3.63) is 23.8 Å². The molecule has 4 heteroatoms. The van der Waals surface area contributed by atoms with Crippen molar-refractivity contribution in [1.82, 2.24) is 4.90 Å². The van der Waals surface area contributed by atoms with E-state index < -0.39 is 0 Å². The summed E-state index contributed by atoms with van der Waals surface area (Å²) in [7, 11) is 6.90. The van der Waals surface area contributed by atoms with Gasteiger partial charge in [-0.25, -0.2) is 0 Å². The molecule has 0 heterocycles. The summed E-state index contributed by atoms with van der Waals surface area (Å²) in [6.07, 6.45) is 0. The van der Waals surface area contributed by atoms with Crippen molar-refractivity contribution in [3.8, 4) is 17.6 Å². The smallest absolute Gasteiger partial charge is 0.161 e. The van der Waals surface area contributed by atoms with Crippen molar-refractivity contribution >= 4 is 0 Å². The molecule has 86 valence electrons. The average molecular weight is 220 g/mol. The summed E-state index contributed by atoms with van der Waals surface area (Å²) in [5, 5.41) is 9.08. The Kier molecular flexibility index (Phi) is 4.15. The summed E-state index contributed by atoms with van der Waals surface area (Å²) in [6.45, 7) is 0.